The van der Waals surface area contributed by atoms with Crippen molar-refractivity contribution in [1.82, 2.24) is 20.1 Å². The number of fused-ring (bicyclic) bond motifs is 1. The van der Waals surface area contributed by atoms with Crippen molar-refractivity contribution in [3.63, 3.8) is 0 Å². The van der Waals surface area contributed by atoms with Gasteiger partial charge in [0.2, 0.25) is 5.91 Å². The minimum Gasteiger partial charge on any atom is -0.361 e. The molecular formula is C24H30N4O. The Morgan fingerprint density at radius 1 is 0.931 bits per heavy atom. The van der Waals surface area contributed by atoms with Gasteiger partial charge in [-0.05, 0) is 23.6 Å². The van der Waals surface area contributed by atoms with Crippen molar-refractivity contribution in [2.45, 2.75) is 19.4 Å². The Morgan fingerprint density at radius 3 is 2.48 bits per heavy atom. The lowest BCUT2D eigenvalue weighted by Gasteiger charge is -2.34. The minimum absolute atomic E-state index is 0.150. The van der Waals surface area contributed by atoms with Gasteiger partial charge in [-0.25, -0.2) is 0 Å². The van der Waals surface area contributed by atoms with Gasteiger partial charge in [-0.15, -0.1) is 0 Å². The first-order valence-electron chi connectivity index (χ1n) is 10.6. The van der Waals surface area contributed by atoms with Gasteiger partial charge < -0.3 is 15.2 Å². The van der Waals surface area contributed by atoms with Crippen LogP contribution in [0.4, 0.5) is 0 Å². The fourth-order valence-electron chi connectivity index (χ4n) is 4.04. The first-order chi connectivity index (χ1) is 14.3. The third kappa shape index (κ3) is 5.46. The molecule has 1 aromatic heterocycles. The SMILES string of the molecule is O=C(CCN1CCN(Cc2ccccc2)CC1)NCCc1c[nH]c2ccccc12. The Balaban J connectivity index is 1.12. The van der Waals surface area contributed by atoms with Crippen molar-refractivity contribution in [3.05, 3.63) is 71.9 Å². The van der Waals surface area contributed by atoms with Crippen LogP contribution in [0.3, 0.4) is 0 Å². The molecular weight excluding hydrogens is 360 g/mol. The Morgan fingerprint density at radius 2 is 1.66 bits per heavy atom. The molecule has 2 aromatic carbocycles. The summed E-state index contributed by atoms with van der Waals surface area (Å²) in [4.78, 5) is 20.4. The van der Waals surface area contributed by atoms with E-state index in [1.54, 1.807) is 0 Å². The number of nitrogens with one attached hydrogen (secondary N) is 2. The van der Waals surface area contributed by atoms with E-state index >= 15 is 0 Å². The number of aromatic nitrogens is 1. The number of hydrogen-bond acceptors (Lipinski definition) is 3. The lowest BCUT2D eigenvalue weighted by atomic mass is 10.1. The lowest BCUT2D eigenvalue weighted by Crippen LogP contribution is -2.46. The monoisotopic (exact) mass is 390 g/mol. The van der Waals surface area contributed by atoms with Crippen molar-refractivity contribution in [2.75, 3.05) is 39.3 Å². The van der Waals surface area contributed by atoms with Crippen LogP contribution >= 0.6 is 0 Å². The van der Waals surface area contributed by atoms with Gasteiger partial charge in [0.1, 0.15) is 0 Å². The van der Waals surface area contributed by atoms with E-state index in [0.717, 1.165) is 51.2 Å². The summed E-state index contributed by atoms with van der Waals surface area (Å²) >= 11 is 0. The molecule has 5 nitrogen and oxygen atoms in total. The van der Waals surface area contributed by atoms with Crippen molar-refractivity contribution in [1.29, 1.82) is 0 Å². The van der Waals surface area contributed by atoms with Crippen LogP contribution in [0.25, 0.3) is 10.9 Å². The Hall–Kier alpha value is -2.63. The number of aromatic amines is 1. The van der Waals surface area contributed by atoms with E-state index in [4.69, 9.17) is 0 Å². The number of benzene rings is 2. The molecule has 29 heavy (non-hydrogen) atoms. The molecule has 1 aliphatic rings. The molecule has 1 fully saturated rings. The molecule has 2 heterocycles. The van der Waals surface area contributed by atoms with Crippen LogP contribution < -0.4 is 5.32 Å². The summed E-state index contributed by atoms with van der Waals surface area (Å²) in [6.07, 6.45) is 3.48. The van der Waals surface area contributed by atoms with Gasteiger partial charge in [0, 0.05) is 69.3 Å². The molecule has 3 aromatic rings. The maximum absolute atomic E-state index is 12.2. The standard InChI is InChI=1S/C24H30N4O/c29-24(25-12-10-21-18-26-23-9-5-4-8-22(21)23)11-13-27-14-16-28(17-15-27)19-20-6-2-1-3-7-20/h1-9,18,26H,10-17,19H2,(H,25,29). The maximum atomic E-state index is 12.2. The van der Waals surface area contributed by atoms with E-state index in [-0.39, 0.29) is 5.91 Å². The van der Waals surface area contributed by atoms with Crippen molar-refractivity contribution in [2.24, 2.45) is 0 Å². The Kier molecular flexibility index (Phi) is 6.60. The van der Waals surface area contributed by atoms with Gasteiger partial charge in [-0.1, -0.05) is 48.5 Å². The number of hydrogen-bond donors (Lipinski definition) is 2. The highest BCUT2D eigenvalue weighted by molar-refractivity contribution is 5.83. The molecule has 1 saturated heterocycles. The van der Waals surface area contributed by atoms with Gasteiger partial charge in [0.25, 0.3) is 0 Å². The maximum Gasteiger partial charge on any atom is 0.221 e. The molecule has 0 aliphatic carbocycles. The largest absolute Gasteiger partial charge is 0.361 e. The van der Waals surface area contributed by atoms with Gasteiger partial charge >= 0.3 is 0 Å². The van der Waals surface area contributed by atoms with E-state index in [2.05, 4.69) is 68.6 Å². The van der Waals surface area contributed by atoms with E-state index in [0.29, 0.717) is 13.0 Å². The number of carbonyl (C=O) groups is 1. The molecule has 5 heteroatoms. The molecule has 0 unspecified atom stereocenters. The molecule has 152 valence electrons. The number of rotatable bonds is 8. The smallest absolute Gasteiger partial charge is 0.221 e. The molecule has 0 spiro atoms. The number of amides is 1. The quantitative estimate of drug-likeness (QED) is 0.622. The molecule has 0 bridgehead atoms. The summed E-state index contributed by atoms with van der Waals surface area (Å²) in [7, 11) is 0. The van der Waals surface area contributed by atoms with E-state index in [9.17, 15) is 4.79 Å². The van der Waals surface area contributed by atoms with Gasteiger partial charge in [-0.3, -0.25) is 9.69 Å². The van der Waals surface area contributed by atoms with Crippen LogP contribution in [0, 0.1) is 0 Å². The Bertz CT molecular complexity index is 913. The van der Waals surface area contributed by atoms with E-state index in [1.165, 1.54) is 16.5 Å². The summed E-state index contributed by atoms with van der Waals surface area (Å²) < 4.78 is 0. The van der Waals surface area contributed by atoms with Crippen molar-refractivity contribution in [3.8, 4) is 0 Å². The zero-order valence-electron chi connectivity index (χ0n) is 16.9. The summed E-state index contributed by atoms with van der Waals surface area (Å²) in [5.74, 6) is 0.150. The predicted molar refractivity (Wildman–Crippen MR) is 118 cm³/mol. The molecule has 0 saturated carbocycles. The summed E-state index contributed by atoms with van der Waals surface area (Å²) in [6.45, 7) is 6.76. The minimum atomic E-state index is 0.150. The van der Waals surface area contributed by atoms with Gasteiger partial charge in [-0.2, -0.15) is 0 Å². The second kappa shape index (κ2) is 9.72. The van der Waals surface area contributed by atoms with E-state index < -0.39 is 0 Å². The van der Waals surface area contributed by atoms with Crippen LogP contribution in [-0.2, 0) is 17.8 Å². The molecule has 1 amide bonds. The second-order valence-corrected chi connectivity index (χ2v) is 7.81. The highest BCUT2D eigenvalue weighted by atomic mass is 16.1. The fourth-order valence-corrected chi connectivity index (χ4v) is 4.04. The normalized spacial score (nSPS) is 15.6. The second-order valence-electron chi connectivity index (χ2n) is 7.81. The molecule has 2 N–H and O–H groups in total. The zero-order chi connectivity index (χ0) is 19.9. The molecule has 0 atom stereocenters. The average molecular weight is 391 g/mol. The summed E-state index contributed by atoms with van der Waals surface area (Å²) in [6, 6.07) is 18.9. The molecule has 1 aliphatic heterocycles. The lowest BCUT2D eigenvalue weighted by molar-refractivity contribution is -0.121. The zero-order valence-corrected chi connectivity index (χ0v) is 16.9. The van der Waals surface area contributed by atoms with Crippen LogP contribution in [0.2, 0.25) is 0 Å². The van der Waals surface area contributed by atoms with Crippen molar-refractivity contribution >= 4 is 16.8 Å². The van der Waals surface area contributed by atoms with Gasteiger partial charge in [0.05, 0.1) is 0 Å². The number of carbonyl (C=O) groups excluding carboxylic acids is 1. The van der Waals surface area contributed by atoms with Crippen LogP contribution in [0.5, 0.6) is 0 Å². The van der Waals surface area contributed by atoms with Crippen LogP contribution in [-0.4, -0.2) is 60.0 Å². The highest BCUT2D eigenvalue weighted by Crippen LogP contribution is 2.17. The number of H-pyrrole nitrogens is 1. The average Bonchev–Trinajstić information content (AvgIpc) is 3.17. The molecule has 0 radical (unpaired) electrons. The van der Waals surface area contributed by atoms with Crippen LogP contribution in [0.15, 0.2) is 60.8 Å². The number of nitrogens with zero attached hydrogens (tertiary/aromatic N) is 2. The predicted octanol–water partition coefficient (Wildman–Crippen LogP) is 3.03. The van der Waals surface area contributed by atoms with Crippen LogP contribution in [0.1, 0.15) is 17.5 Å². The number of para-hydroxylation sites is 1. The topological polar surface area (TPSA) is 51.4 Å². The first-order valence-corrected chi connectivity index (χ1v) is 10.6. The van der Waals surface area contributed by atoms with Crippen molar-refractivity contribution < 1.29 is 4.79 Å². The highest BCUT2D eigenvalue weighted by Gasteiger charge is 2.17. The summed E-state index contributed by atoms with van der Waals surface area (Å²) in [5, 5.41) is 4.32. The first kappa shape index (κ1) is 19.7. The fraction of sp³-hybridized carbons (Fsp3) is 0.375. The Labute approximate surface area is 172 Å². The third-order valence-corrected chi connectivity index (χ3v) is 5.76. The third-order valence-electron chi connectivity index (χ3n) is 5.76. The van der Waals surface area contributed by atoms with E-state index in [1.807, 2.05) is 12.3 Å². The van der Waals surface area contributed by atoms with Gasteiger partial charge in [0.15, 0.2) is 0 Å². The molecule has 4 rings (SSSR count). The number of piperazine rings is 1. The summed E-state index contributed by atoms with van der Waals surface area (Å²) in [5.41, 5.74) is 3.78.